The topological polar surface area (TPSA) is 104 Å². The van der Waals surface area contributed by atoms with Crippen LogP contribution in [0.5, 0.6) is 11.5 Å². The number of carbonyl (C=O) groups is 2. The normalized spacial score (nSPS) is 15.4. The second-order valence-electron chi connectivity index (χ2n) is 7.88. The molecule has 1 saturated carbocycles. The van der Waals surface area contributed by atoms with E-state index < -0.39 is 11.3 Å². The lowest BCUT2D eigenvalue weighted by Gasteiger charge is -2.16. The number of rotatable bonds is 5. The summed E-state index contributed by atoms with van der Waals surface area (Å²) in [7, 11) is 0. The summed E-state index contributed by atoms with van der Waals surface area (Å²) in [6, 6.07) is 16.4. The molecule has 3 aromatic rings. The first-order valence-electron chi connectivity index (χ1n) is 10.1. The summed E-state index contributed by atoms with van der Waals surface area (Å²) < 4.78 is 10.8. The molecule has 1 aromatic heterocycles. The van der Waals surface area contributed by atoms with Gasteiger partial charge in [0, 0.05) is 18.2 Å². The van der Waals surface area contributed by atoms with E-state index in [4.69, 9.17) is 15.2 Å². The van der Waals surface area contributed by atoms with Crippen LogP contribution < -0.4 is 20.5 Å². The Bertz CT molecular complexity index is 1210. The summed E-state index contributed by atoms with van der Waals surface area (Å²) in [5.41, 5.74) is 8.75. The highest BCUT2D eigenvalue weighted by Gasteiger charge is 2.51. The van der Waals surface area contributed by atoms with Crippen LogP contribution in [0.25, 0.3) is 11.1 Å². The van der Waals surface area contributed by atoms with Gasteiger partial charge in [0.05, 0.1) is 5.41 Å². The molecule has 1 aliphatic heterocycles. The van der Waals surface area contributed by atoms with E-state index in [9.17, 15) is 9.59 Å². The van der Waals surface area contributed by atoms with E-state index in [1.54, 1.807) is 18.2 Å². The number of nitrogens with two attached hydrogens (primary N) is 1. The minimum absolute atomic E-state index is 0. The highest BCUT2D eigenvalue weighted by Crippen LogP contribution is 2.51. The van der Waals surface area contributed by atoms with Crippen molar-refractivity contribution in [1.82, 2.24) is 4.98 Å². The standard InChI is InChI=1S/C24H21N3O4.H2/c1-14-18(15-2-4-16(5-3-15)22(25)28)7-9-21(26-14)27-23(29)24(10-11-24)17-6-8-19-20(12-17)31-13-30-19;/h2-9,12H,10-11,13H2,1H3,(H2,25,28)(H,26,27,29);1H. The van der Waals surface area contributed by atoms with E-state index >= 15 is 0 Å². The summed E-state index contributed by atoms with van der Waals surface area (Å²) >= 11 is 0. The fraction of sp³-hybridized carbons (Fsp3) is 0.208. The minimum atomic E-state index is -0.556. The zero-order valence-corrected chi connectivity index (χ0v) is 17.0. The maximum Gasteiger partial charge on any atom is 0.248 e. The van der Waals surface area contributed by atoms with Gasteiger partial charge >= 0.3 is 0 Å². The van der Waals surface area contributed by atoms with Crippen LogP contribution in [0.3, 0.4) is 0 Å². The van der Waals surface area contributed by atoms with E-state index in [-0.39, 0.29) is 14.1 Å². The third-order valence-electron chi connectivity index (χ3n) is 5.92. The van der Waals surface area contributed by atoms with Crippen LogP contribution >= 0.6 is 0 Å². The number of amides is 2. The number of aromatic nitrogens is 1. The molecule has 2 heterocycles. The van der Waals surface area contributed by atoms with E-state index in [0.29, 0.717) is 22.9 Å². The number of hydrogen-bond donors (Lipinski definition) is 2. The number of nitrogens with one attached hydrogen (secondary N) is 1. The van der Waals surface area contributed by atoms with Crippen LogP contribution in [-0.4, -0.2) is 23.6 Å². The van der Waals surface area contributed by atoms with Gasteiger partial charge in [-0.2, -0.15) is 0 Å². The molecule has 0 atom stereocenters. The first-order chi connectivity index (χ1) is 15.0. The highest BCUT2D eigenvalue weighted by atomic mass is 16.7. The molecule has 0 bridgehead atoms. The Labute approximate surface area is 180 Å². The molecule has 5 rings (SSSR count). The molecular weight excluding hydrogens is 394 g/mol. The number of benzene rings is 2. The van der Waals surface area contributed by atoms with Gasteiger partial charge in [-0.15, -0.1) is 0 Å². The van der Waals surface area contributed by atoms with Gasteiger partial charge in [0.1, 0.15) is 5.82 Å². The van der Waals surface area contributed by atoms with Gasteiger partial charge in [-0.3, -0.25) is 9.59 Å². The van der Waals surface area contributed by atoms with Crippen molar-refractivity contribution >= 4 is 17.6 Å². The Morgan fingerprint density at radius 2 is 1.77 bits per heavy atom. The van der Waals surface area contributed by atoms with Crippen molar-refractivity contribution in [2.24, 2.45) is 5.73 Å². The molecule has 0 unspecified atom stereocenters. The number of ether oxygens (including phenoxy) is 2. The van der Waals surface area contributed by atoms with Gasteiger partial charge in [-0.05, 0) is 67.3 Å². The first kappa shape index (κ1) is 19.1. The molecular formula is C24H23N3O4. The molecule has 2 aromatic carbocycles. The van der Waals surface area contributed by atoms with Crippen molar-refractivity contribution in [3.8, 4) is 22.6 Å². The SMILES string of the molecule is Cc1nc(NC(=O)C2(c3ccc4c(c3)OCO4)CC2)ccc1-c1ccc(C(N)=O)cc1.[HH]. The molecule has 158 valence electrons. The van der Waals surface area contributed by atoms with E-state index in [1.165, 1.54) is 0 Å². The Balaban J connectivity index is 0.00000245. The molecule has 0 spiro atoms. The molecule has 3 N–H and O–H groups in total. The molecule has 0 saturated heterocycles. The van der Waals surface area contributed by atoms with Crippen LogP contribution in [0.1, 0.15) is 35.9 Å². The van der Waals surface area contributed by atoms with Gasteiger partial charge in [0.2, 0.25) is 18.6 Å². The number of primary amides is 1. The molecule has 2 aliphatic rings. The number of fused-ring (bicyclic) bond motifs is 1. The Kier molecular flexibility index (Phi) is 4.39. The smallest absolute Gasteiger partial charge is 0.248 e. The molecule has 2 amide bonds. The molecule has 1 aliphatic carbocycles. The van der Waals surface area contributed by atoms with Gasteiger partial charge in [0.25, 0.3) is 0 Å². The predicted molar refractivity (Wildman–Crippen MR) is 117 cm³/mol. The number of hydrogen-bond acceptors (Lipinski definition) is 5. The minimum Gasteiger partial charge on any atom is -0.454 e. The number of nitrogens with zero attached hydrogens (tertiary/aromatic N) is 1. The summed E-state index contributed by atoms with van der Waals surface area (Å²) in [5, 5.41) is 2.97. The van der Waals surface area contributed by atoms with Gasteiger partial charge in [0.15, 0.2) is 11.5 Å². The van der Waals surface area contributed by atoms with Gasteiger partial charge in [-0.1, -0.05) is 18.2 Å². The summed E-state index contributed by atoms with van der Waals surface area (Å²) in [6.07, 6.45) is 1.56. The maximum absolute atomic E-state index is 13.1. The fourth-order valence-electron chi connectivity index (χ4n) is 3.95. The van der Waals surface area contributed by atoms with Gasteiger partial charge < -0.3 is 20.5 Å². The molecule has 7 nitrogen and oxygen atoms in total. The Morgan fingerprint density at radius 1 is 1.03 bits per heavy atom. The lowest BCUT2D eigenvalue weighted by Crippen LogP contribution is -2.28. The predicted octanol–water partition coefficient (Wildman–Crippen LogP) is 3.80. The first-order valence-corrected chi connectivity index (χ1v) is 10.1. The summed E-state index contributed by atoms with van der Waals surface area (Å²) in [5.74, 6) is 1.36. The van der Waals surface area contributed by atoms with Crippen molar-refractivity contribution in [3.63, 3.8) is 0 Å². The van der Waals surface area contributed by atoms with E-state index in [1.807, 2.05) is 43.3 Å². The van der Waals surface area contributed by atoms with Crippen LogP contribution in [0.2, 0.25) is 0 Å². The van der Waals surface area contributed by atoms with Crippen LogP contribution in [0.4, 0.5) is 5.82 Å². The monoisotopic (exact) mass is 417 g/mol. The third-order valence-corrected chi connectivity index (χ3v) is 5.92. The van der Waals surface area contributed by atoms with Crippen LogP contribution in [0.15, 0.2) is 54.6 Å². The van der Waals surface area contributed by atoms with Crippen molar-refractivity contribution < 1.29 is 20.5 Å². The third kappa shape index (κ3) is 3.38. The lowest BCUT2D eigenvalue weighted by atomic mass is 9.94. The lowest BCUT2D eigenvalue weighted by molar-refractivity contribution is -0.118. The maximum atomic E-state index is 13.1. The second-order valence-corrected chi connectivity index (χ2v) is 7.88. The quantitative estimate of drug-likeness (QED) is 0.657. The number of aryl methyl sites for hydroxylation is 1. The molecule has 7 heteroatoms. The summed E-state index contributed by atoms with van der Waals surface area (Å²) in [6.45, 7) is 2.09. The number of anilines is 1. The largest absolute Gasteiger partial charge is 0.454 e. The molecule has 31 heavy (non-hydrogen) atoms. The molecule has 1 fully saturated rings. The molecule has 0 radical (unpaired) electrons. The zero-order chi connectivity index (χ0) is 21.6. The van der Waals surface area contributed by atoms with Crippen LogP contribution in [0, 0.1) is 6.92 Å². The zero-order valence-electron chi connectivity index (χ0n) is 17.0. The fourth-order valence-corrected chi connectivity index (χ4v) is 3.95. The Morgan fingerprint density at radius 3 is 2.45 bits per heavy atom. The number of pyridine rings is 1. The van der Waals surface area contributed by atoms with E-state index in [2.05, 4.69) is 10.3 Å². The van der Waals surface area contributed by atoms with E-state index in [0.717, 1.165) is 35.2 Å². The van der Waals surface area contributed by atoms with Crippen molar-refractivity contribution in [2.75, 3.05) is 12.1 Å². The van der Waals surface area contributed by atoms with Crippen molar-refractivity contribution in [3.05, 3.63) is 71.4 Å². The number of carbonyl (C=O) groups excluding carboxylic acids is 2. The second kappa shape index (κ2) is 7.12. The average Bonchev–Trinajstić information content (AvgIpc) is 3.45. The van der Waals surface area contributed by atoms with Crippen LogP contribution in [-0.2, 0) is 10.2 Å². The highest BCUT2D eigenvalue weighted by molar-refractivity contribution is 6.01. The Hall–Kier alpha value is -3.87. The van der Waals surface area contributed by atoms with Crippen molar-refractivity contribution in [1.29, 1.82) is 0 Å². The summed E-state index contributed by atoms with van der Waals surface area (Å²) in [4.78, 5) is 28.9. The van der Waals surface area contributed by atoms with Gasteiger partial charge in [-0.25, -0.2) is 4.98 Å². The average molecular weight is 417 g/mol. The van der Waals surface area contributed by atoms with Crippen molar-refractivity contribution in [2.45, 2.75) is 25.2 Å².